The number of hydrogen-bond acceptors (Lipinski definition) is 2. The summed E-state index contributed by atoms with van der Waals surface area (Å²) in [4.78, 5) is 29.7. The molecule has 6 heteroatoms. The van der Waals surface area contributed by atoms with Crippen molar-refractivity contribution in [1.82, 2.24) is 19.7 Å². The number of fused-ring (bicyclic) bond motifs is 1. The lowest BCUT2D eigenvalue weighted by atomic mass is 9.98. The molecule has 1 aliphatic heterocycles. The van der Waals surface area contributed by atoms with Gasteiger partial charge < -0.3 is 19.7 Å². The van der Waals surface area contributed by atoms with Crippen LogP contribution in [0.3, 0.4) is 0 Å². The van der Waals surface area contributed by atoms with Crippen molar-refractivity contribution >= 4 is 11.9 Å². The van der Waals surface area contributed by atoms with Gasteiger partial charge in [0.05, 0.1) is 6.04 Å². The third kappa shape index (κ3) is 5.04. The molecule has 1 aromatic carbocycles. The normalized spacial score (nSPS) is 16.2. The van der Waals surface area contributed by atoms with Gasteiger partial charge in [-0.3, -0.25) is 4.79 Å². The van der Waals surface area contributed by atoms with Crippen LogP contribution in [0.15, 0.2) is 42.6 Å². The van der Waals surface area contributed by atoms with E-state index in [1.54, 1.807) is 4.90 Å². The lowest BCUT2D eigenvalue weighted by Crippen LogP contribution is -2.53. The van der Waals surface area contributed by atoms with Crippen LogP contribution in [0.2, 0.25) is 0 Å². The number of hydrogen-bond donors (Lipinski definition) is 1. The van der Waals surface area contributed by atoms with Crippen molar-refractivity contribution in [1.29, 1.82) is 0 Å². The monoisotopic (exact) mass is 410 g/mol. The molecule has 0 saturated carbocycles. The topological polar surface area (TPSA) is 57.6 Å². The quantitative estimate of drug-likeness (QED) is 0.811. The number of amides is 3. The van der Waals surface area contributed by atoms with Crippen molar-refractivity contribution in [3.8, 4) is 0 Å². The molecule has 0 saturated heterocycles. The van der Waals surface area contributed by atoms with Crippen LogP contribution in [0.5, 0.6) is 0 Å². The molecule has 1 N–H and O–H groups in total. The van der Waals surface area contributed by atoms with Gasteiger partial charge in [-0.05, 0) is 51.8 Å². The second-order valence-electron chi connectivity index (χ2n) is 9.13. The molecule has 0 spiro atoms. The molecule has 1 aromatic heterocycles. The van der Waals surface area contributed by atoms with Gasteiger partial charge in [-0.25, -0.2) is 4.79 Å². The van der Waals surface area contributed by atoms with E-state index in [2.05, 4.69) is 53.3 Å². The predicted molar refractivity (Wildman–Crippen MR) is 119 cm³/mol. The zero-order valence-electron chi connectivity index (χ0n) is 18.8. The SMILES string of the molecule is CCCN(CC(=O)N1CCn2cccc2C1c1ccc(C)cc1)C(=O)NC(C)(C)C. The van der Waals surface area contributed by atoms with Crippen LogP contribution in [-0.2, 0) is 11.3 Å². The van der Waals surface area contributed by atoms with Crippen LogP contribution in [-0.4, -0.2) is 51.5 Å². The highest BCUT2D eigenvalue weighted by Crippen LogP contribution is 2.32. The van der Waals surface area contributed by atoms with E-state index in [-0.39, 0.29) is 30.1 Å². The number of carbonyl (C=O) groups is 2. The second kappa shape index (κ2) is 8.94. The highest BCUT2D eigenvalue weighted by atomic mass is 16.2. The van der Waals surface area contributed by atoms with Crippen LogP contribution in [0.4, 0.5) is 4.79 Å². The van der Waals surface area contributed by atoms with Crippen LogP contribution < -0.4 is 5.32 Å². The van der Waals surface area contributed by atoms with E-state index < -0.39 is 0 Å². The van der Waals surface area contributed by atoms with Crippen LogP contribution >= 0.6 is 0 Å². The van der Waals surface area contributed by atoms with Gasteiger partial charge in [0.25, 0.3) is 0 Å². The van der Waals surface area contributed by atoms with E-state index in [0.717, 1.165) is 24.2 Å². The van der Waals surface area contributed by atoms with E-state index >= 15 is 0 Å². The maximum Gasteiger partial charge on any atom is 0.318 e. The Bertz CT molecular complexity index is 879. The van der Waals surface area contributed by atoms with Crippen molar-refractivity contribution in [2.45, 2.75) is 59.2 Å². The Balaban J connectivity index is 1.85. The van der Waals surface area contributed by atoms with Crippen LogP contribution in [0.1, 0.15) is 57.0 Å². The van der Waals surface area contributed by atoms with Crippen LogP contribution in [0.25, 0.3) is 0 Å². The van der Waals surface area contributed by atoms with Crippen molar-refractivity contribution in [3.05, 3.63) is 59.4 Å². The summed E-state index contributed by atoms with van der Waals surface area (Å²) in [6, 6.07) is 12.1. The molecule has 2 heterocycles. The minimum absolute atomic E-state index is 0.0227. The zero-order chi connectivity index (χ0) is 21.9. The molecular formula is C24H34N4O2. The number of benzene rings is 1. The Kier molecular flexibility index (Phi) is 6.54. The second-order valence-corrected chi connectivity index (χ2v) is 9.13. The van der Waals surface area contributed by atoms with Crippen molar-refractivity contribution in [2.75, 3.05) is 19.6 Å². The number of urea groups is 1. The fourth-order valence-electron chi connectivity index (χ4n) is 3.93. The maximum atomic E-state index is 13.4. The van der Waals surface area contributed by atoms with E-state index in [0.29, 0.717) is 13.1 Å². The number of aromatic nitrogens is 1. The smallest absolute Gasteiger partial charge is 0.318 e. The van der Waals surface area contributed by atoms with Gasteiger partial charge in [0, 0.05) is 37.1 Å². The van der Waals surface area contributed by atoms with Gasteiger partial charge in [0.15, 0.2) is 0 Å². The fraction of sp³-hybridized carbons (Fsp3) is 0.500. The Morgan fingerprint density at radius 3 is 2.47 bits per heavy atom. The molecule has 6 nitrogen and oxygen atoms in total. The Morgan fingerprint density at radius 2 is 1.83 bits per heavy atom. The summed E-state index contributed by atoms with van der Waals surface area (Å²) in [5.41, 5.74) is 3.05. The summed E-state index contributed by atoms with van der Waals surface area (Å²) in [6.07, 6.45) is 2.87. The molecule has 0 fully saturated rings. The van der Waals surface area contributed by atoms with Crippen molar-refractivity contribution < 1.29 is 9.59 Å². The standard InChI is InChI=1S/C24H34N4O2/c1-6-13-27(23(30)25-24(3,4)5)17-21(29)28-16-15-26-14-7-8-20(26)22(28)19-11-9-18(2)10-12-19/h7-12,14,22H,6,13,15-17H2,1-5H3,(H,25,30). The Labute approximate surface area is 179 Å². The number of nitrogens with one attached hydrogen (secondary N) is 1. The molecule has 0 bridgehead atoms. The van der Waals surface area contributed by atoms with Crippen molar-refractivity contribution in [3.63, 3.8) is 0 Å². The molecular weight excluding hydrogens is 376 g/mol. The zero-order valence-corrected chi connectivity index (χ0v) is 18.8. The van der Waals surface area contributed by atoms with Crippen molar-refractivity contribution in [2.24, 2.45) is 0 Å². The van der Waals surface area contributed by atoms with Gasteiger partial charge >= 0.3 is 6.03 Å². The molecule has 3 rings (SSSR count). The lowest BCUT2D eigenvalue weighted by Gasteiger charge is -2.38. The largest absolute Gasteiger partial charge is 0.348 e. The van der Waals surface area contributed by atoms with Gasteiger partial charge in [-0.1, -0.05) is 36.8 Å². The van der Waals surface area contributed by atoms with Crippen LogP contribution in [0, 0.1) is 6.92 Å². The highest BCUT2D eigenvalue weighted by Gasteiger charge is 2.33. The molecule has 30 heavy (non-hydrogen) atoms. The molecule has 2 aromatic rings. The number of aryl methyl sites for hydroxylation is 1. The highest BCUT2D eigenvalue weighted by molar-refractivity contribution is 5.85. The first kappa shape index (κ1) is 21.9. The van der Waals surface area contributed by atoms with E-state index in [1.807, 2.05) is 38.7 Å². The molecule has 1 atom stereocenters. The summed E-state index contributed by atoms with van der Waals surface area (Å²) in [6.45, 7) is 11.9. The molecule has 3 amide bonds. The average molecular weight is 411 g/mol. The van der Waals surface area contributed by atoms with Gasteiger partial charge in [-0.2, -0.15) is 0 Å². The number of nitrogens with zero attached hydrogens (tertiary/aromatic N) is 3. The predicted octanol–water partition coefficient (Wildman–Crippen LogP) is 3.95. The summed E-state index contributed by atoms with van der Waals surface area (Å²) < 4.78 is 2.21. The molecule has 1 aliphatic rings. The third-order valence-electron chi connectivity index (χ3n) is 5.34. The Hall–Kier alpha value is -2.76. The fourth-order valence-corrected chi connectivity index (χ4v) is 3.93. The summed E-state index contributed by atoms with van der Waals surface area (Å²) in [5.74, 6) is -0.0227. The molecule has 1 unspecified atom stereocenters. The third-order valence-corrected chi connectivity index (χ3v) is 5.34. The number of carbonyl (C=O) groups excluding carboxylic acids is 2. The first-order valence-corrected chi connectivity index (χ1v) is 10.8. The maximum absolute atomic E-state index is 13.4. The van der Waals surface area contributed by atoms with Gasteiger partial charge in [0.2, 0.25) is 5.91 Å². The number of rotatable bonds is 5. The lowest BCUT2D eigenvalue weighted by molar-refractivity contribution is -0.134. The summed E-state index contributed by atoms with van der Waals surface area (Å²) in [7, 11) is 0. The summed E-state index contributed by atoms with van der Waals surface area (Å²) >= 11 is 0. The average Bonchev–Trinajstić information content (AvgIpc) is 3.15. The molecule has 162 valence electrons. The molecule has 0 radical (unpaired) electrons. The van der Waals surface area contributed by atoms with E-state index in [1.165, 1.54) is 5.56 Å². The van der Waals surface area contributed by atoms with E-state index in [4.69, 9.17) is 0 Å². The van der Waals surface area contributed by atoms with Gasteiger partial charge in [0.1, 0.15) is 6.54 Å². The summed E-state index contributed by atoms with van der Waals surface area (Å²) in [5, 5.41) is 2.99. The molecule has 0 aliphatic carbocycles. The van der Waals surface area contributed by atoms with E-state index in [9.17, 15) is 9.59 Å². The van der Waals surface area contributed by atoms with Gasteiger partial charge in [-0.15, -0.1) is 0 Å². The minimum atomic E-state index is -0.345. The first-order chi connectivity index (χ1) is 14.2. The first-order valence-electron chi connectivity index (χ1n) is 10.8. The Morgan fingerprint density at radius 1 is 1.13 bits per heavy atom. The minimum Gasteiger partial charge on any atom is -0.348 e.